The first-order valence-electron chi connectivity index (χ1n) is 16.3. The Morgan fingerprint density at radius 1 is 0.776 bits per heavy atom. The minimum atomic E-state index is -0.769. The number of nitrogens with zero attached hydrogens (tertiary/aromatic N) is 1. The second kappa shape index (κ2) is 13.9. The molecule has 0 saturated carbocycles. The van der Waals surface area contributed by atoms with Crippen molar-refractivity contribution < 1.29 is 28.2 Å². The number of carbonyl (C=O) groups is 1. The van der Waals surface area contributed by atoms with E-state index in [0.717, 1.165) is 38.6 Å². The van der Waals surface area contributed by atoms with Gasteiger partial charge in [0.05, 0.1) is 17.7 Å². The first kappa shape index (κ1) is 32.1. The van der Waals surface area contributed by atoms with Crippen LogP contribution in [-0.2, 0) is 11.3 Å². The number of carboxylic acid groups (broad SMARTS) is 1. The van der Waals surface area contributed by atoms with Gasteiger partial charge in [-0.25, -0.2) is 4.39 Å². The van der Waals surface area contributed by atoms with Crippen LogP contribution in [0.4, 0.5) is 4.39 Å². The highest BCUT2D eigenvalue weighted by Crippen LogP contribution is 2.34. The van der Waals surface area contributed by atoms with Gasteiger partial charge in [-0.2, -0.15) is 0 Å². The van der Waals surface area contributed by atoms with Crippen LogP contribution in [0.1, 0.15) is 46.8 Å². The number of benzene rings is 5. The summed E-state index contributed by atoms with van der Waals surface area (Å²) in [6, 6.07) is 40.7. The van der Waals surface area contributed by atoms with E-state index in [9.17, 15) is 14.3 Å². The van der Waals surface area contributed by atoms with Crippen molar-refractivity contribution in [3.63, 3.8) is 0 Å². The lowest BCUT2D eigenvalue weighted by Crippen LogP contribution is -2.49. The van der Waals surface area contributed by atoms with Gasteiger partial charge >= 0.3 is 5.97 Å². The molecule has 2 atom stereocenters. The fourth-order valence-corrected chi connectivity index (χ4v) is 6.35. The molecule has 2 N–H and O–H groups in total. The standard InChI is InChI=1S/C27H24FNO3.C15H12O2/c1-17(19-5-3-2-4-6-19)20-8-10-25-21(12-20)13-26(32-25)23-9-7-18(11-24(23)28)14-29-15-22(16-29)27(30)31;16-15(11-4-2-1-3-5-11)13-6-7-14-12(10-13)8-9-17-14/h2-13,17,22H,14-16H2,1H3,(H,30,31);1-10,15-16H. The highest BCUT2D eigenvalue weighted by Gasteiger charge is 2.32. The highest BCUT2D eigenvalue weighted by molar-refractivity contribution is 5.84. The molecule has 6 nitrogen and oxygen atoms in total. The van der Waals surface area contributed by atoms with Gasteiger partial charge in [0.1, 0.15) is 28.8 Å². The molecular weight excluding hydrogens is 617 g/mol. The highest BCUT2D eigenvalue weighted by atomic mass is 19.1. The van der Waals surface area contributed by atoms with Crippen LogP contribution in [0, 0.1) is 11.7 Å². The van der Waals surface area contributed by atoms with Crippen LogP contribution >= 0.6 is 0 Å². The molecule has 1 fully saturated rings. The minimum absolute atomic E-state index is 0.247. The molecule has 7 aromatic rings. The maximum absolute atomic E-state index is 14.9. The summed E-state index contributed by atoms with van der Waals surface area (Å²) >= 11 is 0. The van der Waals surface area contributed by atoms with Crippen molar-refractivity contribution >= 4 is 27.9 Å². The fourth-order valence-electron chi connectivity index (χ4n) is 6.35. The summed E-state index contributed by atoms with van der Waals surface area (Å²) in [5, 5.41) is 21.2. The lowest BCUT2D eigenvalue weighted by Gasteiger charge is -2.36. The predicted molar refractivity (Wildman–Crippen MR) is 189 cm³/mol. The third kappa shape index (κ3) is 7.04. The number of likely N-dealkylation sites (tertiary alicyclic amines) is 1. The van der Waals surface area contributed by atoms with Crippen LogP contribution < -0.4 is 0 Å². The Bertz CT molecular complexity index is 2200. The van der Waals surface area contributed by atoms with E-state index >= 15 is 0 Å². The summed E-state index contributed by atoms with van der Waals surface area (Å²) in [6.45, 7) is 3.73. The molecule has 1 aliphatic heterocycles. The molecule has 2 unspecified atom stereocenters. The van der Waals surface area contributed by atoms with Gasteiger partial charge in [-0.3, -0.25) is 9.69 Å². The summed E-state index contributed by atoms with van der Waals surface area (Å²) in [7, 11) is 0. The van der Waals surface area contributed by atoms with E-state index in [1.165, 1.54) is 17.2 Å². The third-order valence-corrected chi connectivity index (χ3v) is 9.26. The molecule has 0 spiro atoms. The van der Waals surface area contributed by atoms with E-state index in [1.807, 2.05) is 95.9 Å². The van der Waals surface area contributed by atoms with Crippen LogP contribution in [0.15, 0.2) is 142 Å². The van der Waals surface area contributed by atoms with Gasteiger partial charge in [0.15, 0.2) is 0 Å². The molecule has 49 heavy (non-hydrogen) atoms. The molecule has 0 radical (unpaired) electrons. The van der Waals surface area contributed by atoms with E-state index in [1.54, 1.807) is 12.3 Å². The number of aliphatic hydroxyl groups is 1. The second-order valence-corrected chi connectivity index (χ2v) is 12.6. The molecule has 1 saturated heterocycles. The number of halogens is 1. The normalized spacial score (nSPS) is 14.6. The average Bonchev–Trinajstić information content (AvgIpc) is 3.76. The Labute approximate surface area is 283 Å². The van der Waals surface area contributed by atoms with Gasteiger partial charge in [0, 0.05) is 36.3 Å². The summed E-state index contributed by atoms with van der Waals surface area (Å²) in [6.07, 6.45) is 1.07. The van der Waals surface area contributed by atoms with Gasteiger partial charge in [0.25, 0.3) is 0 Å². The number of furan rings is 2. The van der Waals surface area contributed by atoms with Gasteiger partial charge in [-0.05, 0) is 76.3 Å². The monoisotopic (exact) mass is 653 g/mol. The first-order chi connectivity index (χ1) is 23.8. The van der Waals surface area contributed by atoms with Gasteiger partial charge in [-0.15, -0.1) is 0 Å². The van der Waals surface area contributed by atoms with E-state index in [2.05, 4.69) is 31.2 Å². The van der Waals surface area contributed by atoms with E-state index in [0.29, 0.717) is 31.0 Å². The second-order valence-electron chi connectivity index (χ2n) is 12.6. The molecule has 8 rings (SSSR count). The van der Waals surface area contributed by atoms with Crippen LogP contribution in [0.5, 0.6) is 0 Å². The lowest BCUT2D eigenvalue weighted by atomic mass is 9.92. The molecular formula is C42H36FNO5. The van der Waals surface area contributed by atoms with Crippen molar-refractivity contribution in [1.82, 2.24) is 4.90 Å². The zero-order valence-corrected chi connectivity index (χ0v) is 27.0. The number of carboxylic acids is 1. The first-order valence-corrected chi connectivity index (χ1v) is 16.3. The number of hydrogen-bond acceptors (Lipinski definition) is 5. The third-order valence-electron chi connectivity index (χ3n) is 9.26. The van der Waals surface area contributed by atoms with Crippen molar-refractivity contribution in [2.75, 3.05) is 13.1 Å². The number of hydrogen-bond donors (Lipinski definition) is 2. The van der Waals surface area contributed by atoms with Crippen molar-refractivity contribution in [2.24, 2.45) is 5.92 Å². The van der Waals surface area contributed by atoms with Crippen molar-refractivity contribution in [3.8, 4) is 11.3 Å². The van der Waals surface area contributed by atoms with Gasteiger partial charge in [0.2, 0.25) is 0 Å². The van der Waals surface area contributed by atoms with E-state index < -0.39 is 12.1 Å². The molecule has 3 heterocycles. The largest absolute Gasteiger partial charge is 0.481 e. The molecule has 2 aromatic heterocycles. The molecule has 5 aromatic carbocycles. The van der Waals surface area contributed by atoms with Crippen LogP contribution in [0.3, 0.4) is 0 Å². The molecule has 7 heteroatoms. The Morgan fingerprint density at radius 2 is 1.45 bits per heavy atom. The van der Waals surface area contributed by atoms with Gasteiger partial charge < -0.3 is 19.0 Å². The molecule has 1 aliphatic rings. The van der Waals surface area contributed by atoms with Crippen LogP contribution in [-0.4, -0.2) is 34.2 Å². The summed E-state index contributed by atoms with van der Waals surface area (Å²) in [5.74, 6) is -0.673. The molecule has 0 aliphatic carbocycles. The average molecular weight is 654 g/mol. The maximum Gasteiger partial charge on any atom is 0.309 e. The molecule has 0 bridgehead atoms. The Morgan fingerprint density at radius 3 is 2.16 bits per heavy atom. The Kier molecular flexibility index (Phi) is 9.11. The smallest absolute Gasteiger partial charge is 0.309 e. The summed E-state index contributed by atoms with van der Waals surface area (Å²) < 4.78 is 26.1. The van der Waals surface area contributed by atoms with E-state index in [-0.39, 0.29) is 17.7 Å². The topological polar surface area (TPSA) is 87.1 Å². The number of fused-ring (bicyclic) bond motifs is 2. The fraction of sp³-hybridized carbons (Fsp3) is 0.167. The number of rotatable bonds is 8. The number of aliphatic hydroxyl groups excluding tert-OH is 1. The Hall–Kier alpha value is -5.50. The van der Waals surface area contributed by atoms with Crippen molar-refractivity contribution in [1.29, 1.82) is 0 Å². The van der Waals surface area contributed by atoms with Crippen LogP contribution in [0.25, 0.3) is 33.3 Å². The number of aliphatic carboxylic acids is 1. The quantitative estimate of drug-likeness (QED) is 0.170. The van der Waals surface area contributed by atoms with Crippen molar-refractivity contribution in [3.05, 3.63) is 167 Å². The lowest BCUT2D eigenvalue weighted by molar-refractivity contribution is -0.147. The summed E-state index contributed by atoms with van der Waals surface area (Å²) in [4.78, 5) is 12.9. The zero-order valence-electron chi connectivity index (χ0n) is 27.0. The van der Waals surface area contributed by atoms with Crippen molar-refractivity contribution in [2.45, 2.75) is 25.5 Å². The maximum atomic E-state index is 14.9. The molecule has 246 valence electrons. The Balaban J connectivity index is 0.000000186. The van der Waals surface area contributed by atoms with E-state index in [4.69, 9.17) is 13.9 Å². The zero-order chi connectivity index (χ0) is 33.9. The SMILES string of the molecule is CC(c1ccccc1)c1ccc2oc(-c3ccc(CN4CC(C(=O)O)C4)cc3F)cc2c1.OC(c1ccccc1)c1ccc2occc2c1. The molecule has 0 amide bonds. The summed E-state index contributed by atoms with van der Waals surface area (Å²) in [5.41, 5.74) is 7.03. The minimum Gasteiger partial charge on any atom is -0.481 e. The van der Waals surface area contributed by atoms with Crippen LogP contribution in [0.2, 0.25) is 0 Å². The predicted octanol–water partition coefficient (Wildman–Crippen LogP) is 9.42. The van der Waals surface area contributed by atoms with Gasteiger partial charge in [-0.1, -0.05) is 85.8 Å².